The number of hydrogen-bond donors (Lipinski definition) is 2. The lowest BCUT2D eigenvalue weighted by Crippen LogP contribution is -2.32. The van der Waals surface area contributed by atoms with Gasteiger partial charge in [0.25, 0.3) is 17.7 Å². The Morgan fingerprint density at radius 1 is 1.03 bits per heavy atom. The van der Waals surface area contributed by atoms with Crippen LogP contribution in [0.15, 0.2) is 77.5 Å². The summed E-state index contributed by atoms with van der Waals surface area (Å²) >= 11 is 4.76. The zero-order valence-corrected chi connectivity index (χ0v) is 23.1. The summed E-state index contributed by atoms with van der Waals surface area (Å²) in [6, 6.07) is 20.0. The van der Waals surface area contributed by atoms with Gasteiger partial charge in [-0.05, 0) is 82.9 Å². The molecule has 0 saturated heterocycles. The number of anilines is 2. The van der Waals surface area contributed by atoms with Crippen LogP contribution in [0.1, 0.15) is 49.3 Å². The topological polar surface area (TPSA) is 91.4 Å². The molecule has 2 N–H and O–H groups in total. The van der Waals surface area contributed by atoms with Crippen LogP contribution in [0.2, 0.25) is 0 Å². The van der Waals surface area contributed by atoms with Crippen molar-refractivity contribution in [2.45, 2.75) is 19.8 Å². The summed E-state index contributed by atoms with van der Waals surface area (Å²) in [6.07, 6.45) is 3.12. The zero-order chi connectivity index (χ0) is 26.6. The van der Waals surface area contributed by atoms with E-state index in [9.17, 15) is 14.4 Å². The molecule has 3 amide bonds. The van der Waals surface area contributed by atoms with Gasteiger partial charge in [-0.3, -0.25) is 14.4 Å². The number of nitrogens with zero attached hydrogens (tertiary/aromatic N) is 2. The molecule has 0 spiro atoms. The van der Waals surface area contributed by atoms with Crippen molar-refractivity contribution in [3.63, 3.8) is 0 Å². The molecule has 0 fully saturated rings. The number of hydrogen-bond acceptors (Lipinski definition) is 5. The number of rotatable bonds is 6. The standard InChI is InChI=1S/C29H25BrN4O3S/c1-2-14-32-28(36)24-17-19-13-16-34(23-8-4-3-6-21(23)25(19)38-24)29(37)18-9-11-20(12-10-18)33-27(35)22-7-5-15-31-26(22)30/h3-12,15,17H,2,13-14,16H2,1H3,(H,32,36)(H,33,35). The third kappa shape index (κ3) is 5.25. The van der Waals surface area contributed by atoms with Crippen LogP contribution >= 0.6 is 27.3 Å². The maximum absolute atomic E-state index is 13.6. The molecule has 7 nitrogen and oxygen atoms in total. The fourth-order valence-electron chi connectivity index (χ4n) is 4.35. The van der Waals surface area contributed by atoms with Crippen molar-refractivity contribution >= 4 is 56.4 Å². The third-order valence-electron chi connectivity index (χ3n) is 6.25. The molecule has 192 valence electrons. The highest BCUT2D eigenvalue weighted by Gasteiger charge is 2.27. The van der Waals surface area contributed by atoms with Gasteiger partial charge in [-0.2, -0.15) is 0 Å². The molecule has 4 aromatic rings. The SMILES string of the molecule is CCCNC(=O)c1cc2c(s1)-c1ccccc1N(C(=O)c1ccc(NC(=O)c3cccnc3Br)cc1)CC2. The highest BCUT2D eigenvalue weighted by atomic mass is 79.9. The molecule has 0 unspecified atom stereocenters. The van der Waals surface area contributed by atoms with Gasteiger partial charge in [0.05, 0.1) is 16.1 Å². The Labute approximate surface area is 233 Å². The van der Waals surface area contributed by atoms with Crippen LogP contribution in [-0.2, 0) is 6.42 Å². The Kier molecular flexibility index (Phi) is 7.67. The van der Waals surface area contributed by atoms with Crippen LogP contribution in [0.4, 0.5) is 11.4 Å². The van der Waals surface area contributed by atoms with Gasteiger partial charge in [0.1, 0.15) is 4.60 Å². The number of carbonyl (C=O) groups is 3. The fourth-order valence-corrected chi connectivity index (χ4v) is 5.94. The number of benzene rings is 2. The molecule has 0 radical (unpaired) electrons. The largest absolute Gasteiger partial charge is 0.351 e. The minimum absolute atomic E-state index is 0.0570. The Morgan fingerprint density at radius 3 is 2.58 bits per heavy atom. The molecule has 0 saturated carbocycles. The number of carbonyl (C=O) groups excluding carboxylic acids is 3. The van der Waals surface area contributed by atoms with Gasteiger partial charge in [0.2, 0.25) is 0 Å². The molecule has 0 aliphatic carbocycles. The maximum atomic E-state index is 13.6. The van der Waals surface area contributed by atoms with Crippen molar-refractivity contribution in [3.05, 3.63) is 99.1 Å². The molecule has 38 heavy (non-hydrogen) atoms. The van der Waals surface area contributed by atoms with Crippen molar-refractivity contribution in [2.75, 3.05) is 23.3 Å². The monoisotopic (exact) mass is 588 g/mol. The molecule has 1 aliphatic heterocycles. The predicted molar refractivity (Wildman–Crippen MR) is 154 cm³/mol. The van der Waals surface area contributed by atoms with Gasteiger partial charge in [0.15, 0.2) is 0 Å². The quantitative estimate of drug-likeness (QED) is 0.263. The molecule has 5 rings (SSSR count). The third-order valence-corrected chi connectivity index (χ3v) is 8.09. The van der Waals surface area contributed by atoms with Crippen molar-refractivity contribution in [2.24, 2.45) is 0 Å². The summed E-state index contributed by atoms with van der Waals surface area (Å²) in [6.45, 7) is 3.16. The van der Waals surface area contributed by atoms with Gasteiger partial charge >= 0.3 is 0 Å². The lowest BCUT2D eigenvalue weighted by molar-refractivity contribution is 0.0954. The van der Waals surface area contributed by atoms with E-state index < -0.39 is 0 Å². The van der Waals surface area contributed by atoms with Crippen LogP contribution in [0.3, 0.4) is 0 Å². The number of para-hydroxylation sites is 1. The summed E-state index contributed by atoms with van der Waals surface area (Å²) < 4.78 is 0.464. The molecule has 1 aliphatic rings. The van der Waals surface area contributed by atoms with Crippen molar-refractivity contribution < 1.29 is 14.4 Å². The second kappa shape index (κ2) is 11.3. The second-order valence-electron chi connectivity index (χ2n) is 8.82. The van der Waals surface area contributed by atoms with E-state index in [2.05, 4.69) is 31.5 Å². The first-order chi connectivity index (χ1) is 18.5. The molecule has 2 aromatic heterocycles. The fraction of sp³-hybridized carbons (Fsp3) is 0.172. The van der Waals surface area contributed by atoms with Gasteiger partial charge in [-0.15, -0.1) is 11.3 Å². The normalized spacial score (nSPS) is 12.2. The first kappa shape index (κ1) is 25.8. The molecular weight excluding hydrogens is 564 g/mol. The van der Waals surface area contributed by atoms with Crippen molar-refractivity contribution in [3.8, 4) is 10.4 Å². The van der Waals surface area contributed by atoms with E-state index in [1.165, 1.54) is 11.3 Å². The Balaban J connectivity index is 1.37. The number of aromatic nitrogens is 1. The summed E-state index contributed by atoms with van der Waals surface area (Å²) in [7, 11) is 0. The van der Waals surface area contributed by atoms with Gasteiger partial charge < -0.3 is 15.5 Å². The Hall–Kier alpha value is -3.82. The molecule has 3 heterocycles. The van der Waals surface area contributed by atoms with Crippen LogP contribution in [-0.4, -0.2) is 35.8 Å². The minimum Gasteiger partial charge on any atom is -0.351 e. The molecule has 0 bridgehead atoms. The van der Waals surface area contributed by atoms with E-state index in [1.54, 1.807) is 47.5 Å². The van der Waals surface area contributed by atoms with E-state index >= 15 is 0 Å². The minimum atomic E-state index is -0.292. The Bertz CT molecular complexity index is 1520. The van der Waals surface area contributed by atoms with Gasteiger partial charge in [0, 0.05) is 41.0 Å². The molecular formula is C29H25BrN4O3S. The lowest BCUT2D eigenvalue weighted by Gasteiger charge is -2.23. The second-order valence-corrected chi connectivity index (χ2v) is 10.6. The number of fused-ring (bicyclic) bond motifs is 3. The van der Waals surface area contributed by atoms with E-state index in [-0.39, 0.29) is 17.7 Å². The molecule has 0 atom stereocenters. The van der Waals surface area contributed by atoms with Crippen LogP contribution in [0.25, 0.3) is 10.4 Å². The number of nitrogens with one attached hydrogen (secondary N) is 2. The molecule has 9 heteroatoms. The predicted octanol–water partition coefficient (Wildman–Crippen LogP) is 6.17. The van der Waals surface area contributed by atoms with E-state index in [1.807, 2.05) is 37.3 Å². The summed E-state index contributed by atoms with van der Waals surface area (Å²) in [4.78, 5) is 46.4. The molecule has 2 aromatic carbocycles. The van der Waals surface area contributed by atoms with E-state index in [0.29, 0.717) is 45.8 Å². The highest BCUT2D eigenvalue weighted by Crippen LogP contribution is 2.41. The average Bonchev–Trinajstić information content (AvgIpc) is 3.30. The van der Waals surface area contributed by atoms with E-state index in [4.69, 9.17) is 0 Å². The van der Waals surface area contributed by atoms with Crippen LogP contribution in [0, 0.1) is 0 Å². The zero-order valence-electron chi connectivity index (χ0n) is 20.7. The van der Waals surface area contributed by atoms with Crippen molar-refractivity contribution in [1.82, 2.24) is 10.3 Å². The maximum Gasteiger partial charge on any atom is 0.261 e. The van der Waals surface area contributed by atoms with Gasteiger partial charge in [-0.25, -0.2) is 4.98 Å². The first-order valence-electron chi connectivity index (χ1n) is 12.3. The smallest absolute Gasteiger partial charge is 0.261 e. The van der Waals surface area contributed by atoms with E-state index in [0.717, 1.165) is 28.1 Å². The number of pyridine rings is 1. The summed E-state index contributed by atoms with van der Waals surface area (Å²) in [5, 5.41) is 5.79. The van der Waals surface area contributed by atoms with Crippen molar-refractivity contribution in [1.29, 1.82) is 0 Å². The Morgan fingerprint density at radius 2 is 1.82 bits per heavy atom. The van der Waals surface area contributed by atoms with Crippen LogP contribution < -0.4 is 15.5 Å². The number of thiophene rings is 1. The number of halogens is 1. The highest BCUT2D eigenvalue weighted by molar-refractivity contribution is 9.10. The summed E-state index contributed by atoms with van der Waals surface area (Å²) in [5.74, 6) is -0.473. The first-order valence-corrected chi connectivity index (χ1v) is 13.9. The van der Waals surface area contributed by atoms with Gasteiger partial charge in [-0.1, -0.05) is 25.1 Å². The number of amides is 3. The lowest BCUT2D eigenvalue weighted by atomic mass is 10.1. The summed E-state index contributed by atoms with van der Waals surface area (Å²) in [5.41, 5.74) is 4.35. The van der Waals surface area contributed by atoms with Crippen LogP contribution in [0.5, 0.6) is 0 Å². The average molecular weight is 590 g/mol.